The van der Waals surface area contributed by atoms with Crippen molar-refractivity contribution in [3.05, 3.63) is 53.9 Å². The van der Waals surface area contributed by atoms with Crippen LogP contribution in [-0.2, 0) is 6.42 Å². The molecule has 5 nitrogen and oxygen atoms in total. The van der Waals surface area contributed by atoms with Crippen LogP contribution in [0.2, 0.25) is 0 Å². The summed E-state index contributed by atoms with van der Waals surface area (Å²) in [5.41, 5.74) is 2.63. The third-order valence-electron chi connectivity index (χ3n) is 4.32. The molecule has 2 aromatic rings. The minimum atomic E-state index is -0.141. The number of aromatic nitrogens is 1. The molecule has 1 fully saturated rings. The molecule has 0 radical (unpaired) electrons. The van der Waals surface area contributed by atoms with Gasteiger partial charge >= 0.3 is 0 Å². The zero-order valence-corrected chi connectivity index (χ0v) is 14.0. The van der Waals surface area contributed by atoms with E-state index in [0.29, 0.717) is 12.2 Å². The van der Waals surface area contributed by atoms with Crippen LogP contribution in [-0.4, -0.2) is 37.6 Å². The Balaban J connectivity index is 1.53. The van der Waals surface area contributed by atoms with E-state index < -0.39 is 0 Å². The first-order chi connectivity index (χ1) is 11.8. The predicted octanol–water partition coefficient (Wildman–Crippen LogP) is 2.66. The number of nitrogens with zero attached hydrogens (tertiary/aromatic N) is 2. The van der Waals surface area contributed by atoms with Gasteiger partial charge in [0.05, 0.1) is 19.0 Å². The van der Waals surface area contributed by atoms with Crippen molar-refractivity contribution in [2.45, 2.75) is 19.3 Å². The van der Waals surface area contributed by atoms with Crippen LogP contribution in [0.25, 0.3) is 0 Å². The van der Waals surface area contributed by atoms with E-state index in [0.717, 1.165) is 36.5 Å². The van der Waals surface area contributed by atoms with Gasteiger partial charge in [-0.3, -0.25) is 4.79 Å². The highest BCUT2D eigenvalue weighted by molar-refractivity contribution is 5.92. The molecule has 1 amide bonds. The van der Waals surface area contributed by atoms with Gasteiger partial charge in [-0.05, 0) is 43.0 Å². The minimum Gasteiger partial charge on any atom is -0.496 e. The molecule has 5 heteroatoms. The Kier molecular flexibility index (Phi) is 5.31. The van der Waals surface area contributed by atoms with Gasteiger partial charge in [0, 0.05) is 19.6 Å². The van der Waals surface area contributed by atoms with Crippen molar-refractivity contribution >= 4 is 11.6 Å². The molecule has 1 aliphatic rings. The zero-order valence-electron chi connectivity index (χ0n) is 14.0. The molecule has 1 aromatic heterocycles. The van der Waals surface area contributed by atoms with E-state index in [-0.39, 0.29) is 5.91 Å². The van der Waals surface area contributed by atoms with Crippen LogP contribution in [0.3, 0.4) is 0 Å². The molecule has 0 unspecified atom stereocenters. The predicted molar refractivity (Wildman–Crippen MR) is 94.7 cm³/mol. The van der Waals surface area contributed by atoms with E-state index in [2.05, 4.69) is 15.2 Å². The maximum atomic E-state index is 12.2. The van der Waals surface area contributed by atoms with E-state index in [4.69, 9.17) is 4.74 Å². The second-order valence-corrected chi connectivity index (χ2v) is 5.91. The van der Waals surface area contributed by atoms with Gasteiger partial charge in [0.15, 0.2) is 0 Å². The monoisotopic (exact) mass is 325 g/mol. The molecule has 24 heavy (non-hydrogen) atoms. The smallest absolute Gasteiger partial charge is 0.269 e. The molecule has 1 N–H and O–H groups in total. The first-order valence-electron chi connectivity index (χ1n) is 8.39. The van der Waals surface area contributed by atoms with Crippen LogP contribution >= 0.6 is 0 Å². The highest BCUT2D eigenvalue weighted by atomic mass is 16.5. The van der Waals surface area contributed by atoms with Gasteiger partial charge in [-0.15, -0.1) is 0 Å². The number of ether oxygens (including phenoxy) is 1. The van der Waals surface area contributed by atoms with Gasteiger partial charge < -0.3 is 15.0 Å². The van der Waals surface area contributed by atoms with Crippen molar-refractivity contribution in [1.82, 2.24) is 10.3 Å². The lowest BCUT2D eigenvalue weighted by Gasteiger charge is -2.17. The van der Waals surface area contributed by atoms with Crippen LogP contribution in [0.4, 0.5) is 5.69 Å². The molecular weight excluding hydrogens is 302 g/mol. The topological polar surface area (TPSA) is 54.5 Å². The summed E-state index contributed by atoms with van der Waals surface area (Å²) in [7, 11) is 1.66. The van der Waals surface area contributed by atoms with Gasteiger partial charge in [0.1, 0.15) is 11.4 Å². The van der Waals surface area contributed by atoms with Crippen LogP contribution in [0.5, 0.6) is 5.75 Å². The van der Waals surface area contributed by atoms with E-state index in [1.54, 1.807) is 19.4 Å². The summed E-state index contributed by atoms with van der Waals surface area (Å²) in [5.74, 6) is 0.706. The van der Waals surface area contributed by atoms with E-state index in [1.165, 1.54) is 12.8 Å². The number of carbonyl (C=O) groups excluding carboxylic acids is 1. The fraction of sp³-hybridized carbons (Fsp3) is 0.368. The summed E-state index contributed by atoms with van der Waals surface area (Å²) in [6, 6.07) is 11.6. The molecule has 1 aromatic carbocycles. The Hall–Kier alpha value is -2.56. The van der Waals surface area contributed by atoms with Gasteiger partial charge in [0.2, 0.25) is 0 Å². The molecule has 0 spiro atoms. The Morgan fingerprint density at radius 2 is 2.00 bits per heavy atom. The first kappa shape index (κ1) is 16.3. The van der Waals surface area contributed by atoms with Crippen LogP contribution in [0.15, 0.2) is 42.6 Å². The lowest BCUT2D eigenvalue weighted by atomic mass is 10.1. The lowest BCUT2D eigenvalue weighted by Crippen LogP contribution is -2.27. The highest BCUT2D eigenvalue weighted by Gasteiger charge is 2.14. The Labute approximate surface area is 142 Å². The van der Waals surface area contributed by atoms with Crippen molar-refractivity contribution in [2.75, 3.05) is 31.6 Å². The van der Waals surface area contributed by atoms with Crippen molar-refractivity contribution < 1.29 is 9.53 Å². The molecule has 0 bridgehead atoms. The number of methoxy groups -OCH3 is 1. The molecule has 0 aliphatic carbocycles. The summed E-state index contributed by atoms with van der Waals surface area (Å²) in [6.07, 6.45) is 4.97. The molecule has 2 heterocycles. The summed E-state index contributed by atoms with van der Waals surface area (Å²) in [4.78, 5) is 18.8. The summed E-state index contributed by atoms with van der Waals surface area (Å²) in [5, 5.41) is 2.92. The lowest BCUT2D eigenvalue weighted by molar-refractivity contribution is 0.0949. The van der Waals surface area contributed by atoms with E-state index in [9.17, 15) is 4.79 Å². The second kappa shape index (κ2) is 7.81. The van der Waals surface area contributed by atoms with E-state index in [1.807, 2.05) is 30.3 Å². The van der Waals surface area contributed by atoms with Gasteiger partial charge in [-0.2, -0.15) is 0 Å². The van der Waals surface area contributed by atoms with Crippen molar-refractivity contribution in [3.8, 4) is 5.75 Å². The quantitative estimate of drug-likeness (QED) is 0.887. The fourth-order valence-corrected chi connectivity index (χ4v) is 2.99. The van der Waals surface area contributed by atoms with Crippen molar-refractivity contribution in [1.29, 1.82) is 0 Å². The van der Waals surface area contributed by atoms with Crippen LogP contribution in [0.1, 0.15) is 28.9 Å². The number of benzene rings is 1. The Morgan fingerprint density at radius 1 is 1.21 bits per heavy atom. The van der Waals surface area contributed by atoms with Crippen molar-refractivity contribution in [3.63, 3.8) is 0 Å². The van der Waals surface area contributed by atoms with Gasteiger partial charge in [-0.1, -0.05) is 18.2 Å². The summed E-state index contributed by atoms with van der Waals surface area (Å²) < 4.78 is 5.32. The number of nitrogens with one attached hydrogen (secondary N) is 1. The van der Waals surface area contributed by atoms with Gasteiger partial charge in [-0.25, -0.2) is 4.98 Å². The maximum Gasteiger partial charge on any atom is 0.269 e. The summed E-state index contributed by atoms with van der Waals surface area (Å²) >= 11 is 0. The number of anilines is 1. The number of para-hydroxylation sites is 1. The second-order valence-electron chi connectivity index (χ2n) is 5.91. The Morgan fingerprint density at radius 3 is 2.71 bits per heavy atom. The largest absolute Gasteiger partial charge is 0.496 e. The number of hydrogen-bond donors (Lipinski definition) is 1. The van der Waals surface area contributed by atoms with Crippen LogP contribution < -0.4 is 15.0 Å². The maximum absolute atomic E-state index is 12.2. The average Bonchev–Trinajstić information content (AvgIpc) is 3.17. The first-order valence-corrected chi connectivity index (χ1v) is 8.39. The normalized spacial score (nSPS) is 13.8. The number of carbonyl (C=O) groups is 1. The average molecular weight is 325 g/mol. The fourth-order valence-electron chi connectivity index (χ4n) is 2.99. The van der Waals surface area contributed by atoms with Crippen molar-refractivity contribution in [2.24, 2.45) is 0 Å². The number of pyridine rings is 1. The number of amides is 1. The number of rotatable bonds is 6. The standard InChI is InChI=1S/C19H23N3O2/c1-24-18-7-3-2-6-15(18)10-11-20-19(23)17-9-8-16(14-21-17)22-12-4-5-13-22/h2-3,6-9,14H,4-5,10-13H2,1H3,(H,20,23). The molecular formula is C19H23N3O2. The molecule has 126 valence electrons. The molecule has 0 atom stereocenters. The Bertz CT molecular complexity index is 679. The molecule has 3 rings (SSSR count). The zero-order chi connectivity index (χ0) is 16.8. The third kappa shape index (κ3) is 3.85. The SMILES string of the molecule is COc1ccccc1CCNC(=O)c1ccc(N2CCCC2)cn1. The molecule has 1 aliphatic heterocycles. The van der Waals surface area contributed by atoms with Crippen LogP contribution in [0, 0.1) is 0 Å². The molecule has 1 saturated heterocycles. The highest BCUT2D eigenvalue weighted by Crippen LogP contribution is 2.19. The third-order valence-corrected chi connectivity index (χ3v) is 4.32. The van der Waals surface area contributed by atoms with Gasteiger partial charge in [0.25, 0.3) is 5.91 Å². The number of hydrogen-bond acceptors (Lipinski definition) is 4. The summed E-state index contributed by atoms with van der Waals surface area (Å²) in [6.45, 7) is 2.70. The van der Waals surface area contributed by atoms with E-state index >= 15 is 0 Å². The minimum absolute atomic E-state index is 0.141. The molecule has 0 saturated carbocycles.